The summed E-state index contributed by atoms with van der Waals surface area (Å²) < 4.78 is 5.76. The summed E-state index contributed by atoms with van der Waals surface area (Å²) in [5.74, 6) is 0.496. The Morgan fingerprint density at radius 3 is 2.33 bits per heavy atom. The van der Waals surface area contributed by atoms with Crippen LogP contribution in [0.15, 0.2) is 42.5 Å². The molecule has 0 unspecified atom stereocenters. The van der Waals surface area contributed by atoms with Crippen LogP contribution in [0.3, 0.4) is 0 Å². The van der Waals surface area contributed by atoms with Gasteiger partial charge in [0.1, 0.15) is 11.5 Å². The maximum absolute atomic E-state index is 11.0. The molecule has 3 nitrogen and oxygen atoms in total. The van der Waals surface area contributed by atoms with E-state index in [2.05, 4.69) is 19.1 Å². The molecule has 0 aliphatic rings. The fraction of sp³-hybridized carbons (Fsp3) is 0.278. The highest BCUT2D eigenvalue weighted by atomic mass is 16.5. The topological polar surface area (TPSA) is 46.5 Å². The molecular weight excluding hydrogens is 264 g/mol. The van der Waals surface area contributed by atoms with Crippen LogP contribution in [0.5, 0.6) is 11.5 Å². The molecule has 0 aliphatic heterocycles. The number of rotatable bonds is 6. The second-order valence-electron chi connectivity index (χ2n) is 5.13. The molecule has 1 N–H and O–H groups in total. The van der Waals surface area contributed by atoms with Crippen LogP contribution in [0.4, 0.5) is 0 Å². The summed E-state index contributed by atoms with van der Waals surface area (Å²) in [4.78, 5) is 11.0. The van der Waals surface area contributed by atoms with Crippen LogP contribution in [-0.2, 0) is 6.42 Å². The van der Waals surface area contributed by atoms with Crippen molar-refractivity contribution in [3.8, 4) is 11.5 Å². The van der Waals surface area contributed by atoms with E-state index in [4.69, 9.17) is 9.84 Å². The summed E-state index contributed by atoms with van der Waals surface area (Å²) in [6.45, 7) is 3.95. The van der Waals surface area contributed by atoms with Gasteiger partial charge in [0.2, 0.25) is 0 Å². The van der Waals surface area contributed by atoms with Crippen LogP contribution in [0.25, 0.3) is 0 Å². The summed E-state index contributed by atoms with van der Waals surface area (Å²) in [6, 6.07) is 13.0. The van der Waals surface area contributed by atoms with Gasteiger partial charge in [0.15, 0.2) is 0 Å². The van der Waals surface area contributed by atoms with Crippen LogP contribution < -0.4 is 4.74 Å². The molecule has 2 aromatic carbocycles. The first-order valence-electron chi connectivity index (χ1n) is 7.21. The number of aromatic carboxylic acids is 1. The average Bonchev–Trinajstić information content (AvgIpc) is 2.46. The minimum atomic E-state index is -0.917. The van der Waals surface area contributed by atoms with E-state index in [9.17, 15) is 4.79 Å². The van der Waals surface area contributed by atoms with E-state index in [0.717, 1.165) is 12.2 Å². The molecular formula is C18H20O3. The van der Waals surface area contributed by atoms with E-state index >= 15 is 0 Å². The lowest BCUT2D eigenvalue weighted by atomic mass is 10.1. The van der Waals surface area contributed by atoms with Crippen LogP contribution in [0, 0.1) is 6.92 Å². The molecule has 21 heavy (non-hydrogen) atoms. The maximum Gasteiger partial charge on any atom is 0.335 e. The molecule has 0 saturated heterocycles. The second kappa shape index (κ2) is 6.93. The summed E-state index contributed by atoms with van der Waals surface area (Å²) in [6.07, 6.45) is 3.46. The van der Waals surface area contributed by atoms with Crippen molar-refractivity contribution in [3.63, 3.8) is 0 Å². The van der Waals surface area contributed by atoms with E-state index < -0.39 is 5.97 Å². The Morgan fingerprint density at radius 1 is 1.10 bits per heavy atom. The molecule has 0 fully saturated rings. The van der Waals surface area contributed by atoms with Gasteiger partial charge in [0, 0.05) is 0 Å². The number of carboxylic acid groups (broad SMARTS) is 1. The SMILES string of the molecule is CCCCc1ccc(Oc2ccc(C(=O)O)c(C)c2)cc1. The van der Waals surface area contributed by atoms with Crippen LogP contribution in [0.2, 0.25) is 0 Å². The number of hydrogen-bond donors (Lipinski definition) is 1. The minimum absolute atomic E-state index is 0.303. The van der Waals surface area contributed by atoms with Crippen LogP contribution in [0.1, 0.15) is 41.3 Å². The molecule has 0 heterocycles. The van der Waals surface area contributed by atoms with E-state index in [-0.39, 0.29) is 0 Å². The van der Waals surface area contributed by atoms with Crippen molar-refractivity contribution in [2.75, 3.05) is 0 Å². The summed E-state index contributed by atoms with van der Waals surface area (Å²) in [5, 5.41) is 9.01. The van der Waals surface area contributed by atoms with Gasteiger partial charge in [-0.1, -0.05) is 25.5 Å². The Morgan fingerprint density at radius 2 is 1.76 bits per heavy atom. The molecule has 2 rings (SSSR count). The Labute approximate surface area is 125 Å². The van der Waals surface area contributed by atoms with Gasteiger partial charge >= 0.3 is 5.97 Å². The summed E-state index contributed by atoms with van der Waals surface area (Å²) in [7, 11) is 0. The van der Waals surface area contributed by atoms with Gasteiger partial charge in [-0.2, -0.15) is 0 Å². The van der Waals surface area contributed by atoms with Gasteiger partial charge in [-0.05, 0) is 61.2 Å². The smallest absolute Gasteiger partial charge is 0.335 e. The van der Waals surface area contributed by atoms with Gasteiger partial charge in [-0.3, -0.25) is 0 Å². The van der Waals surface area contributed by atoms with Crippen molar-refractivity contribution in [1.82, 2.24) is 0 Å². The van der Waals surface area contributed by atoms with Gasteiger partial charge in [0.25, 0.3) is 0 Å². The molecule has 0 aromatic heterocycles. The molecule has 0 bridgehead atoms. The largest absolute Gasteiger partial charge is 0.478 e. The number of aryl methyl sites for hydroxylation is 2. The number of carboxylic acids is 1. The highest BCUT2D eigenvalue weighted by Gasteiger charge is 2.08. The van der Waals surface area contributed by atoms with E-state index in [0.29, 0.717) is 16.9 Å². The highest BCUT2D eigenvalue weighted by Crippen LogP contribution is 2.24. The van der Waals surface area contributed by atoms with Gasteiger partial charge in [-0.15, -0.1) is 0 Å². The Balaban J connectivity index is 2.07. The molecule has 0 aliphatic carbocycles. The fourth-order valence-electron chi connectivity index (χ4n) is 2.18. The highest BCUT2D eigenvalue weighted by molar-refractivity contribution is 5.89. The third-order valence-electron chi connectivity index (χ3n) is 3.41. The minimum Gasteiger partial charge on any atom is -0.478 e. The zero-order valence-electron chi connectivity index (χ0n) is 12.4. The number of unbranched alkanes of at least 4 members (excludes halogenated alkanes) is 1. The Bertz CT molecular complexity index is 615. The van der Waals surface area contributed by atoms with Crippen molar-refractivity contribution < 1.29 is 14.6 Å². The first-order valence-corrected chi connectivity index (χ1v) is 7.21. The predicted octanol–water partition coefficient (Wildman–Crippen LogP) is 4.83. The van der Waals surface area contributed by atoms with Gasteiger partial charge < -0.3 is 9.84 Å². The van der Waals surface area contributed by atoms with Crippen molar-refractivity contribution in [2.45, 2.75) is 33.1 Å². The van der Waals surface area contributed by atoms with Crippen LogP contribution in [-0.4, -0.2) is 11.1 Å². The predicted molar refractivity (Wildman–Crippen MR) is 83.3 cm³/mol. The van der Waals surface area contributed by atoms with E-state index in [1.807, 2.05) is 12.1 Å². The zero-order valence-corrected chi connectivity index (χ0v) is 12.4. The molecule has 110 valence electrons. The van der Waals surface area contributed by atoms with Gasteiger partial charge in [-0.25, -0.2) is 4.79 Å². The molecule has 0 amide bonds. The molecule has 0 atom stereocenters. The van der Waals surface area contributed by atoms with Gasteiger partial charge in [0.05, 0.1) is 5.56 Å². The molecule has 0 radical (unpaired) electrons. The fourth-order valence-corrected chi connectivity index (χ4v) is 2.18. The Kier molecular flexibility index (Phi) is 4.99. The third kappa shape index (κ3) is 4.09. The van der Waals surface area contributed by atoms with Crippen molar-refractivity contribution in [2.24, 2.45) is 0 Å². The molecule has 0 spiro atoms. The first-order chi connectivity index (χ1) is 10.1. The zero-order chi connectivity index (χ0) is 15.2. The number of ether oxygens (including phenoxy) is 1. The second-order valence-corrected chi connectivity index (χ2v) is 5.13. The van der Waals surface area contributed by atoms with Crippen molar-refractivity contribution >= 4 is 5.97 Å². The first kappa shape index (κ1) is 15.1. The lowest BCUT2D eigenvalue weighted by molar-refractivity contribution is 0.0696. The Hall–Kier alpha value is -2.29. The third-order valence-corrected chi connectivity index (χ3v) is 3.41. The monoisotopic (exact) mass is 284 g/mol. The molecule has 3 heteroatoms. The van der Waals surface area contributed by atoms with Crippen LogP contribution >= 0.6 is 0 Å². The number of hydrogen-bond acceptors (Lipinski definition) is 2. The normalized spacial score (nSPS) is 10.4. The van der Waals surface area contributed by atoms with Crippen molar-refractivity contribution in [3.05, 3.63) is 59.2 Å². The number of carbonyl (C=O) groups is 1. The quantitative estimate of drug-likeness (QED) is 0.826. The standard InChI is InChI=1S/C18H20O3/c1-3-4-5-14-6-8-15(9-7-14)21-16-10-11-17(18(19)20)13(2)12-16/h6-12H,3-5H2,1-2H3,(H,19,20). The van der Waals surface area contributed by atoms with E-state index in [1.165, 1.54) is 18.4 Å². The average molecular weight is 284 g/mol. The number of benzene rings is 2. The molecule has 0 saturated carbocycles. The van der Waals surface area contributed by atoms with E-state index in [1.54, 1.807) is 25.1 Å². The lowest BCUT2D eigenvalue weighted by Crippen LogP contribution is -1.99. The summed E-state index contributed by atoms with van der Waals surface area (Å²) in [5.41, 5.74) is 2.30. The summed E-state index contributed by atoms with van der Waals surface area (Å²) >= 11 is 0. The molecule has 2 aromatic rings. The maximum atomic E-state index is 11.0. The lowest BCUT2D eigenvalue weighted by Gasteiger charge is -2.09. The van der Waals surface area contributed by atoms with Crippen molar-refractivity contribution in [1.29, 1.82) is 0 Å².